The molecule has 1 aromatic rings. The van der Waals surface area contributed by atoms with Gasteiger partial charge in [-0.15, -0.1) is 0 Å². The molecule has 0 bridgehead atoms. The summed E-state index contributed by atoms with van der Waals surface area (Å²) in [6.07, 6.45) is 2.66. The Morgan fingerprint density at radius 2 is 2.26 bits per heavy atom. The normalized spacial score (nSPS) is 15.9. The Balaban J connectivity index is 2.07. The second-order valence-electron chi connectivity index (χ2n) is 5.22. The molecule has 4 heteroatoms. The van der Waals surface area contributed by atoms with Gasteiger partial charge in [-0.1, -0.05) is 6.92 Å². The quantitative estimate of drug-likeness (QED) is 0.611. The first-order chi connectivity index (χ1) is 9.11. The molecule has 1 fully saturated rings. The van der Waals surface area contributed by atoms with Crippen LogP contribution in [0.25, 0.3) is 0 Å². The lowest BCUT2D eigenvalue weighted by Gasteiger charge is -2.15. The summed E-state index contributed by atoms with van der Waals surface area (Å²) in [5.41, 5.74) is 7.64. The lowest BCUT2D eigenvalue weighted by molar-refractivity contribution is 0.0527. The van der Waals surface area contributed by atoms with Crippen LogP contribution in [0, 0.1) is 11.8 Å². The predicted octanol–water partition coefficient (Wildman–Crippen LogP) is 2.90. The molecule has 1 aliphatic rings. The highest BCUT2D eigenvalue weighted by Crippen LogP contribution is 2.36. The van der Waals surface area contributed by atoms with Gasteiger partial charge in [-0.3, -0.25) is 0 Å². The first kappa shape index (κ1) is 13.7. The minimum absolute atomic E-state index is 0.323. The highest BCUT2D eigenvalue weighted by molar-refractivity contribution is 5.96. The van der Waals surface area contributed by atoms with Crippen LogP contribution in [0.3, 0.4) is 0 Å². The summed E-state index contributed by atoms with van der Waals surface area (Å²) in [6.45, 7) is 5.28. The van der Waals surface area contributed by atoms with Gasteiger partial charge in [0.15, 0.2) is 0 Å². The van der Waals surface area contributed by atoms with Crippen LogP contribution in [0.15, 0.2) is 18.2 Å². The molecule has 1 saturated carbocycles. The fourth-order valence-corrected chi connectivity index (χ4v) is 2.20. The maximum absolute atomic E-state index is 11.9. The van der Waals surface area contributed by atoms with Gasteiger partial charge in [-0.2, -0.15) is 0 Å². The molecule has 1 aromatic carbocycles. The van der Waals surface area contributed by atoms with E-state index in [1.165, 1.54) is 12.8 Å². The fourth-order valence-electron chi connectivity index (χ4n) is 2.20. The number of ether oxygens (including phenoxy) is 1. The minimum atomic E-state index is -0.323. The van der Waals surface area contributed by atoms with Crippen molar-refractivity contribution < 1.29 is 9.53 Å². The van der Waals surface area contributed by atoms with E-state index in [4.69, 9.17) is 10.5 Å². The van der Waals surface area contributed by atoms with Gasteiger partial charge in [0, 0.05) is 17.9 Å². The third kappa shape index (κ3) is 3.63. The first-order valence-corrected chi connectivity index (χ1v) is 6.92. The van der Waals surface area contributed by atoms with Crippen molar-refractivity contribution in [1.29, 1.82) is 0 Å². The third-order valence-electron chi connectivity index (χ3n) is 3.58. The average Bonchev–Trinajstić information content (AvgIpc) is 3.21. The topological polar surface area (TPSA) is 64.3 Å². The number of rotatable bonds is 6. The number of esters is 1. The largest absolute Gasteiger partial charge is 0.462 e. The van der Waals surface area contributed by atoms with Crippen LogP contribution in [-0.4, -0.2) is 19.1 Å². The number of benzene rings is 1. The van der Waals surface area contributed by atoms with E-state index in [1.54, 1.807) is 19.1 Å². The van der Waals surface area contributed by atoms with E-state index in [0.717, 1.165) is 18.2 Å². The number of nitrogens with two attached hydrogens (primary N) is 1. The Kier molecular flexibility index (Phi) is 4.30. The maximum atomic E-state index is 11.9. The molecule has 1 unspecified atom stereocenters. The molecule has 0 heterocycles. The molecule has 2 rings (SSSR count). The smallest absolute Gasteiger partial charge is 0.340 e. The number of carbonyl (C=O) groups excluding carboxylic acids is 1. The van der Waals surface area contributed by atoms with Crippen LogP contribution in [0.2, 0.25) is 0 Å². The number of hydrogen-bond acceptors (Lipinski definition) is 4. The SMILES string of the molecule is CCOC(=O)c1cc(N)ccc1NCC(C)C1CC1. The zero-order valence-corrected chi connectivity index (χ0v) is 11.6. The van der Waals surface area contributed by atoms with E-state index in [1.807, 2.05) is 6.07 Å². The van der Waals surface area contributed by atoms with Crippen molar-refractivity contribution in [2.24, 2.45) is 11.8 Å². The van der Waals surface area contributed by atoms with Crippen molar-refractivity contribution in [3.63, 3.8) is 0 Å². The second-order valence-corrected chi connectivity index (χ2v) is 5.22. The summed E-state index contributed by atoms with van der Waals surface area (Å²) < 4.78 is 5.06. The van der Waals surface area contributed by atoms with Crippen LogP contribution in [0.5, 0.6) is 0 Å². The highest BCUT2D eigenvalue weighted by Gasteiger charge is 2.27. The molecule has 4 nitrogen and oxygen atoms in total. The van der Waals surface area contributed by atoms with Crippen LogP contribution in [0.4, 0.5) is 11.4 Å². The van der Waals surface area contributed by atoms with Crippen molar-refractivity contribution in [1.82, 2.24) is 0 Å². The van der Waals surface area contributed by atoms with Gasteiger partial charge in [0.2, 0.25) is 0 Å². The van der Waals surface area contributed by atoms with Crippen LogP contribution in [-0.2, 0) is 4.74 Å². The molecule has 3 N–H and O–H groups in total. The third-order valence-corrected chi connectivity index (χ3v) is 3.58. The van der Waals surface area contributed by atoms with E-state index in [2.05, 4.69) is 12.2 Å². The lowest BCUT2D eigenvalue weighted by Crippen LogP contribution is -2.16. The number of anilines is 2. The number of nitrogen functional groups attached to an aromatic ring is 1. The van der Waals surface area contributed by atoms with Gasteiger partial charge in [-0.25, -0.2) is 4.79 Å². The summed E-state index contributed by atoms with van der Waals surface area (Å²) in [5.74, 6) is 1.15. The van der Waals surface area contributed by atoms with Gasteiger partial charge in [0.1, 0.15) is 0 Å². The Hall–Kier alpha value is -1.71. The molecule has 1 aliphatic carbocycles. The molecule has 104 valence electrons. The standard InChI is InChI=1S/C15H22N2O2/c1-3-19-15(18)13-8-12(16)6-7-14(13)17-9-10(2)11-4-5-11/h6-8,10-11,17H,3-5,9,16H2,1-2H3. The van der Waals surface area contributed by atoms with Gasteiger partial charge in [-0.05, 0) is 49.8 Å². The van der Waals surface area contributed by atoms with Gasteiger partial charge in [0.05, 0.1) is 12.2 Å². The summed E-state index contributed by atoms with van der Waals surface area (Å²) in [7, 11) is 0. The molecule has 0 aromatic heterocycles. The van der Waals surface area contributed by atoms with E-state index < -0.39 is 0 Å². The Morgan fingerprint density at radius 1 is 1.53 bits per heavy atom. The van der Waals surface area contributed by atoms with Crippen molar-refractivity contribution in [2.75, 3.05) is 24.2 Å². The lowest BCUT2D eigenvalue weighted by atomic mass is 10.1. The number of carbonyl (C=O) groups is 1. The molecule has 19 heavy (non-hydrogen) atoms. The fraction of sp³-hybridized carbons (Fsp3) is 0.533. The molecule has 0 spiro atoms. The molecule has 0 amide bonds. The second kappa shape index (κ2) is 5.95. The first-order valence-electron chi connectivity index (χ1n) is 6.92. The van der Waals surface area contributed by atoms with E-state index in [0.29, 0.717) is 23.8 Å². The molecule has 0 aliphatic heterocycles. The van der Waals surface area contributed by atoms with Crippen LogP contribution in [0.1, 0.15) is 37.0 Å². The van der Waals surface area contributed by atoms with Gasteiger partial charge < -0.3 is 15.8 Å². The summed E-state index contributed by atoms with van der Waals surface area (Å²) in [4.78, 5) is 11.9. The molecular weight excluding hydrogens is 240 g/mol. The van der Waals surface area contributed by atoms with Crippen molar-refractivity contribution in [3.8, 4) is 0 Å². The van der Waals surface area contributed by atoms with Crippen molar-refractivity contribution in [2.45, 2.75) is 26.7 Å². The molecule has 0 saturated heterocycles. The number of hydrogen-bond donors (Lipinski definition) is 2. The molecule has 0 radical (unpaired) electrons. The maximum Gasteiger partial charge on any atom is 0.340 e. The summed E-state index contributed by atoms with van der Waals surface area (Å²) >= 11 is 0. The van der Waals surface area contributed by atoms with Crippen molar-refractivity contribution in [3.05, 3.63) is 23.8 Å². The van der Waals surface area contributed by atoms with E-state index >= 15 is 0 Å². The monoisotopic (exact) mass is 262 g/mol. The van der Waals surface area contributed by atoms with Crippen LogP contribution >= 0.6 is 0 Å². The van der Waals surface area contributed by atoms with Crippen LogP contribution < -0.4 is 11.1 Å². The Bertz CT molecular complexity index is 455. The Morgan fingerprint density at radius 3 is 2.89 bits per heavy atom. The number of nitrogens with one attached hydrogen (secondary N) is 1. The van der Waals surface area contributed by atoms with Gasteiger partial charge in [0.25, 0.3) is 0 Å². The molecular formula is C15H22N2O2. The zero-order chi connectivity index (χ0) is 13.8. The van der Waals surface area contributed by atoms with Gasteiger partial charge >= 0.3 is 5.97 Å². The summed E-state index contributed by atoms with van der Waals surface area (Å²) in [6, 6.07) is 5.32. The Labute approximate surface area is 114 Å². The summed E-state index contributed by atoms with van der Waals surface area (Å²) in [5, 5.41) is 3.34. The zero-order valence-electron chi connectivity index (χ0n) is 11.6. The highest BCUT2D eigenvalue weighted by atomic mass is 16.5. The average molecular weight is 262 g/mol. The minimum Gasteiger partial charge on any atom is -0.462 e. The predicted molar refractivity (Wildman–Crippen MR) is 77.2 cm³/mol. The van der Waals surface area contributed by atoms with E-state index in [9.17, 15) is 4.79 Å². The van der Waals surface area contributed by atoms with Crippen molar-refractivity contribution >= 4 is 17.3 Å². The van der Waals surface area contributed by atoms with E-state index in [-0.39, 0.29) is 5.97 Å². The molecule has 1 atom stereocenters.